The molecule has 0 radical (unpaired) electrons. The van der Waals surface area contributed by atoms with Crippen molar-refractivity contribution in [1.82, 2.24) is 4.90 Å². The third-order valence-corrected chi connectivity index (χ3v) is 5.10. The molecule has 21 heavy (non-hydrogen) atoms. The van der Waals surface area contributed by atoms with Gasteiger partial charge in [-0.3, -0.25) is 9.69 Å². The average molecular weight is 349 g/mol. The molecule has 0 aromatic heterocycles. The van der Waals surface area contributed by atoms with Crippen LogP contribution in [0.1, 0.15) is 27.2 Å². The zero-order valence-electron chi connectivity index (χ0n) is 12.2. The molecule has 2 unspecified atom stereocenters. The van der Waals surface area contributed by atoms with Crippen LogP contribution in [-0.2, 0) is 14.3 Å². The number of hydrogen-bond acceptors (Lipinski definition) is 7. The lowest BCUT2D eigenvalue weighted by Gasteiger charge is -2.41. The highest BCUT2D eigenvalue weighted by Crippen LogP contribution is 2.38. The first-order valence-electron chi connectivity index (χ1n) is 6.32. The van der Waals surface area contributed by atoms with Gasteiger partial charge in [0, 0.05) is 4.75 Å². The van der Waals surface area contributed by atoms with Crippen LogP contribution in [0.3, 0.4) is 0 Å². The van der Waals surface area contributed by atoms with E-state index in [0.717, 1.165) is 4.90 Å². The molecule has 8 heteroatoms. The Bertz CT molecular complexity index is 447. The Morgan fingerprint density at radius 2 is 2.29 bits per heavy atom. The van der Waals surface area contributed by atoms with Gasteiger partial charge in [-0.2, -0.15) is 0 Å². The quantitative estimate of drug-likeness (QED) is 0.353. The number of nitrogens with zero attached hydrogens (tertiary/aromatic N) is 1. The molecule has 118 valence electrons. The fraction of sp³-hybridized carbons (Fsp3) is 0.615. The van der Waals surface area contributed by atoms with Crippen molar-refractivity contribution in [2.24, 2.45) is 0 Å². The number of rotatable bonds is 5. The van der Waals surface area contributed by atoms with E-state index in [4.69, 9.17) is 17.0 Å². The summed E-state index contributed by atoms with van der Waals surface area (Å²) < 4.78 is 5.40. The Morgan fingerprint density at radius 1 is 1.67 bits per heavy atom. The Morgan fingerprint density at radius 3 is 2.76 bits per heavy atom. The molecule has 1 N–H and O–H groups in total. The Hall–Kier alpha value is -0.570. The standard InChI is InChI=1S/C13H19NO4S3/c1-5-6-18-11(17)10(16)14-8(15)7-9(14)20-12(19)21-13(2,3)4/h5,9-10,16H,1,6-7H2,2-4H3. The molecule has 0 aromatic carbocycles. The summed E-state index contributed by atoms with van der Waals surface area (Å²) in [4.78, 5) is 24.3. The molecular weight excluding hydrogens is 330 g/mol. The monoisotopic (exact) mass is 349 g/mol. The molecule has 0 bridgehead atoms. The molecule has 0 saturated carbocycles. The lowest BCUT2D eigenvalue weighted by Crippen LogP contribution is -2.59. The zero-order chi connectivity index (χ0) is 16.2. The van der Waals surface area contributed by atoms with Crippen molar-refractivity contribution >= 4 is 51.1 Å². The van der Waals surface area contributed by atoms with Crippen molar-refractivity contribution in [2.45, 2.75) is 43.5 Å². The number of β-lactam (4-membered cyclic amide) rings is 1. The van der Waals surface area contributed by atoms with Crippen LogP contribution >= 0.6 is 35.7 Å². The normalized spacial score (nSPS) is 19.7. The molecule has 1 aliphatic heterocycles. The molecule has 5 nitrogen and oxygen atoms in total. The molecule has 1 rings (SSSR count). The number of carbonyl (C=O) groups is 2. The van der Waals surface area contributed by atoms with Gasteiger partial charge in [0.2, 0.25) is 12.1 Å². The van der Waals surface area contributed by atoms with Crippen LogP contribution in [0.2, 0.25) is 0 Å². The number of thioether (sulfide) groups is 2. The predicted octanol–water partition coefficient (Wildman–Crippen LogP) is 2.14. The third kappa shape index (κ3) is 5.61. The molecule has 1 amide bonds. The maximum atomic E-state index is 11.6. The van der Waals surface area contributed by atoms with Gasteiger partial charge in [-0.25, -0.2) is 4.79 Å². The van der Waals surface area contributed by atoms with E-state index in [0.29, 0.717) is 3.53 Å². The topological polar surface area (TPSA) is 66.8 Å². The third-order valence-electron chi connectivity index (χ3n) is 2.39. The predicted molar refractivity (Wildman–Crippen MR) is 89.9 cm³/mol. The lowest BCUT2D eigenvalue weighted by atomic mass is 10.2. The van der Waals surface area contributed by atoms with Gasteiger partial charge in [0.15, 0.2) is 0 Å². The second-order valence-electron chi connectivity index (χ2n) is 5.33. The van der Waals surface area contributed by atoms with Gasteiger partial charge in [0.25, 0.3) is 0 Å². The van der Waals surface area contributed by atoms with E-state index in [1.807, 2.05) is 20.8 Å². The van der Waals surface area contributed by atoms with Gasteiger partial charge in [0.05, 0.1) is 11.8 Å². The van der Waals surface area contributed by atoms with E-state index in [2.05, 4.69) is 6.58 Å². The van der Waals surface area contributed by atoms with Crippen LogP contribution in [-0.4, -0.2) is 48.4 Å². The van der Waals surface area contributed by atoms with E-state index in [9.17, 15) is 14.7 Å². The van der Waals surface area contributed by atoms with E-state index < -0.39 is 12.2 Å². The Kier molecular flexibility index (Phi) is 6.71. The number of likely N-dealkylation sites (tertiary alicyclic amines) is 1. The van der Waals surface area contributed by atoms with Gasteiger partial charge < -0.3 is 9.84 Å². The molecule has 1 fully saturated rings. The molecule has 1 heterocycles. The minimum absolute atomic E-state index is 0.00593. The summed E-state index contributed by atoms with van der Waals surface area (Å²) in [5.41, 5.74) is 0. The van der Waals surface area contributed by atoms with Crippen molar-refractivity contribution in [2.75, 3.05) is 6.61 Å². The van der Waals surface area contributed by atoms with Gasteiger partial charge in [-0.05, 0) is 0 Å². The molecule has 1 aliphatic rings. The van der Waals surface area contributed by atoms with Crippen LogP contribution in [0.5, 0.6) is 0 Å². The van der Waals surface area contributed by atoms with Crippen molar-refractivity contribution in [3.8, 4) is 0 Å². The van der Waals surface area contributed by atoms with E-state index >= 15 is 0 Å². The maximum Gasteiger partial charge on any atom is 0.356 e. The summed E-state index contributed by atoms with van der Waals surface area (Å²) in [5, 5.41) is 9.56. The summed E-state index contributed by atoms with van der Waals surface area (Å²) in [5.74, 6) is -1.15. The molecule has 0 aromatic rings. The van der Waals surface area contributed by atoms with Crippen molar-refractivity contribution in [1.29, 1.82) is 0 Å². The number of esters is 1. The van der Waals surface area contributed by atoms with Crippen LogP contribution in [0.4, 0.5) is 0 Å². The highest BCUT2D eigenvalue weighted by Gasteiger charge is 2.44. The maximum absolute atomic E-state index is 11.6. The van der Waals surface area contributed by atoms with Crippen LogP contribution < -0.4 is 0 Å². The van der Waals surface area contributed by atoms with Crippen molar-refractivity contribution in [3.05, 3.63) is 12.7 Å². The fourth-order valence-electron chi connectivity index (χ4n) is 1.51. The van der Waals surface area contributed by atoms with E-state index in [1.54, 1.807) is 0 Å². The molecule has 0 spiro atoms. The second-order valence-corrected chi connectivity index (χ2v) is 9.54. The van der Waals surface area contributed by atoms with Gasteiger partial charge in [-0.15, -0.1) is 11.8 Å². The van der Waals surface area contributed by atoms with Crippen molar-refractivity contribution in [3.63, 3.8) is 0 Å². The number of aliphatic hydroxyl groups excluding tert-OH is 1. The van der Waals surface area contributed by atoms with Crippen LogP contribution in [0, 0.1) is 0 Å². The largest absolute Gasteiger partial charge is 0.458 e. The van der Waals surface area contributed by atoms with Crippen molar-refractivity contribution < 1.29 is 19.4 Å². The minimum Gasteiger partial charge on any atom is -0.458 e. The number of carbonyl (C=O) groups excluding carboxylic acids is 2. The molecular formula is C13H19NO4S3. The van der Waals surface area contributed by atoms with E-state index in [-0.39, 0.29) is 29.1 Å². The second kappa shape index (κ2) is 7.62. The first-order chi connectivity index (χ1) is 9.65. The number of hydrogen-bond donors (Lipinski definition) is 1. The number of ether oxygens (including phenoxy) is 1. The van der Waals surface area contributed by atoms with Crippen LogP contribution in [0.15, 0.2) is 12.7 Å². The van der Waals surface area contributed by atoms with Gasteiger partial charge in [-0.1, -0.05) is 57.4 Å². The summed E-state index contributed by atoms with van der Waals surface area (Å²) >= 11 is 8.09. The zero-order valence-corrected chi connectivity index (χ0v) is 14.6. The highest BCUT2D eigenvalue weighted by atomic mass is 32.2. The minimum atomic E-state index is -1.59. The lowest BCUT2D eigenvalue weighted by molar-refractivity contribution is -0.177. The average Bonchev–Trinajstić information content (AvgIpc) is 2.32. The highest BCUT2D eigenvalue weighted by molar-refractivity contribution is 8.47. The summed E-state index contributed by atoms with van der Waals surface area (Å²) in [7, 11) is 0. The molecule has 2 atom stereocenters. The molecule has 0 aliphatic carbocycles. The van der Waals surface area contributed by atoms with Crippen LogP contribution in [0.25, 0.3) is 0 Å². The Balaban J connectivity index is 2.57. The summed E-state index contributed by atoms with van der Waals surface area (Å²) in [6.07, 6.45) is 0.0525. The smallest absolute Gasteiger partial charge is 0.356 e. The summed E-state index contributed by atoms with van der Waals surface area (Å²) in [6.45, 7) is 9.52. The Labute approximate surface area is 138 Å². The van der Waals surface area contributed by atoms with Gasteiger partial charge in [0.1, 0.15) is 10.1 Å². The number of aliphatic hydroxyl groups is 1. The van der Waals surface area contributed by atoms with E-state index in [1.165, 1.54) is 29.6 Å². The number of thiocarbonyl (C=S) groups is 1. The van der Waals surface area contributed by atoms with Gasteiger partial charge >= 0.3 is 5.97 Å². The first kappa shape index (κ1) is 18.5. The fourth-order valence-corrected chi connectivity index (χ4v) is 5.16. The SMILES string of the molecule is C=CCOC(=O)C(O)N1C(=O)CC1SC(=S)SC(C)(C)C. The summed E-state index contributed by atoms with van der Waals surface area (Å²) in [6, 6.07) is 0. The molecule has 1 saturated heterocycles. The first-order valence-corrected chi connectivity index (χ1v) is 8.42. The number of amides is 1.